The van der Waals surface area contributed by atoms with E-state index in [0.29, 0.717) is 0 Å². The Kier molecular flexibility index (Phi) is 2.28. The van der Waals surface area contributed by atoms with Crippen LogP contribution in [0.25, 0.3) is 10.1 Å². The maximum atomic E-state index is 9.23. The molecule has 2 rings (SSSR count). The molecule has 0 aliphatic heterocycles. The predicted octanol–water partition coefficient (Wildman–Crippen LogP) is 4.07. The van der Waals surface area contributed by atoms with Gasteiger partial charge in [0.2, 0.25) is 0 Å². The number of nitriles is 1. The van der Waals surface area contributed by atoms with Crippen molar-refractivity contribution in [2.75, 3.05) is 0 Å². The Balaban J connectivity index is 2.83. The number of hydrogen-bond acceptors (Lipinski definition) is 2. The fraction of sp³-hybridized carbons (Fsp3) is 0.308. The maximum Gasteiger partial charge on any atom is 0.101 e. The lowest BCUT2D eigenvalue weighted by atomic mass is 9.91. The van der Waals surface area contributed by atoms with Crippen LogP contribution in [0.2, 0.25) is 0 Å². The van der Waals surface area contributed by atoms with Crippen molar-refractivity contribution in [2.45, 2.75) is 26.2 Å². The van der Waals surface area contributed by atoms with E-state index in [1.165, 1.54) is 9.58 Å². The molecular formula is C13H13NS. The van der Waals surface area contributed by atoms with E-state index in [0.717, 1.165) is 10.9 Å². The first-order valence-electron chi connectivity index (χ1n) is 4.96. The second kappa shape index (κ2) is 3.36. The summed E-state index contributed by atoms with van der Waals surface area (Å²) >= 11 is 1.73. The molecule has 76 valence electrons. The summed E-state index contributed by atoms with van der Waals surface area (Å²) in [5, 5.41) is 10.3. The van der Waals surface area contributed by atoms with E-state index in [4.69, 9.17) is 0 Å². The molecule has 1 aromatic heterocycles. The number of thiophene rings is 1. The summed E-state index contributed by atoms with van der Waals surface area (Å²) in [5.74, 6) is 0. The Hall–Kier alpha value is -1.33. The minimum absolute atomic E-state index is 0.0503. The number of nitrogens with zero attached hydrogens (tertiary/aromatic N) is 1. The van der Waals surface area contributed by atoms with Gasteiger partial charge in [-0.15, -0.1) is 11.3 Å². The smallest absolute Gasteiger partial charge is 0.101 e. The van der Waals surface area contributed by atoms with Crippen molar-refractivity contribution < 1.29 is 0 Å². The van der Waals surface area contributed by atoms with Crippen LogP contribution in [-0.4, -0.2) is 0 Å². The highest BCUT2D eigenvalue weighted by Crippen LogP contribution is 2.38. The molecule has 1 nitrogen and oxygen atoms in total. The van der Waals surface area contributed by atoms with Gasteiger partial charge in [0.15, 0.2) is 0 Å². The average molecular weight is 215 g/mol. The standard InChI is InChI=1S/C13H13NS/c1-13(2,3)12-10(8-14)9-6-4-5-7-11(9)15-12/h4-7H,1-3H3. The molecule has 2 heteroatoms. The lowest BCUT2D eigenvalue weighted by molar-refractivity contribution is 0.603. The Bertz CT molecular complexity index is 538. The van der Waals surface area contributed by atoms with Crippen molar-refractivity contribution in [2.24, 2.45) is 0 Å². The van der Waals surface area contributed by atoms with Crippen LogP contribution in [0.4, 0.5) is 0 Å². The molecule has 0 saturated heterocycles. The van der Waals surface area contributed by atoms with Crippen LogP contribution in [0, 0.1) is 11.3 Å². The molecule has 0 amide bonds. The zero-order valence-corrected chi connectivity index (χ0v) is 9.98. The molecule has 0 fully saturated rings. The van der Waals surface area contributed by atoms with Crippen molar-refractivity contribution in [3.63, 3.8) is 0 Å². The van der Waals surface area contributed by atoms with Gasteiger partial charge in [-0.2, -0.15) is 5.26 Å². The molecule has 0 spiro atoms. The highest BCUT2D eigenvalue weighted by molar-refractivity contribution is 7.19. The lowest BCUT2D eigenvalue weighted by Crippen LogP contribution is -2.10. The van der Waals surface area contributed by atoms with E-state index < -0.39 is 0 Å². The number of fused-ring (bicyclic) bond motifs is 1. The fourth-order valence-electron chi connectivity index (χ4n) is 1.68. The van der Waals surface area contributed by atoms with Crippen LogP contribution < -0.4 is 0 Å². The van der Waals surface area contributed by atoms with Gasteiger partial charge in [0, 0.05) is 15.0 Å². The van der Waals surface area contributed by atoms with Crippen molar-refractivity contribution in [3.8, 4) is 6.07 Å². The van der Waals surface area contributed by atoms with Crippen molar-refractivity contribution >= 4 is 21.4 Å². The number of benzene rings is 1. The molecule has 1 aromatic carbocycles. The van der Waals surface area contributed by atoms with Gasteiger partial charge in [-0.1, -0.05) is 39.0 Å². The van der Waals surface area contributed by atoms with E-state index in [-0.39, 0.29) is 5.41 Å². The van der Waals surface area contributed by atoms with Gasteiger partial charge < -0.3 is 0 Å². The summed E-state index contributed by atoms with van der Waals surface area (Å²) in [6, 6.07) is 10.5. The summed E-state index contributed by atoms with van der Waals surface area (Å²) in [6.45, 7) is 6.45. The second-order valence-corrected chi connectivity index (χ2v) is 5.72. The third-order valence-electron chi connectivity index (χ3n) is 2.39. The fourth-order valence-corrected chi connectivity index (χ4v) is 2.89. The van der Waals surface area contributed by atoms with Crippen molar-refractivity contribution in [3.05, 3.63) is 34.7 Å². The van der Waals surface area contributed by atoms with Crippen LogP contribution in [0.15, 0.2) is 24.3 Å². The summed E-state index contributed by atoms with van der Waals surface area (Å²) < 4.78 is 1.21. The third kappa shape index (κ3) is 1.64. The Morgan fingerprint density at radius 3 is 2.47 bits per heavy atom. The average Bonchev–Trinajstić information content (AvgIpc) is 2.55. The monoisotopic (exact) mass is 215 g/mol. The molecule has 0 unspecified atom stereocenters. The predicted molar refractivity (Wildman–Crippen MR) is 65.2 cm³/mol. The lowest BCUT2D eigenvalue weighted by Gasteiger charge is -2.16. The van der Waals surface area contributed by atoms with Crippen LogP contribution in [0.5, 0.6) is 0 Å². The molecule has 1 heterocycles. The van der Waals surface area contributed by atoms with Gasteiger partial charge in [-0.05, 0) is 11.5 Å². The van der Waals surface area contributed by atoms with Crippen LogP contribution >= 0.6 is 11.3 Å². The van der Waals surface area contributed by atoms with E-state index in [9.17, 15) is 5.26 Å². The molecule has 0 aliphatic rings. The van der Waals surface area contributed by atoms with E-state index in [1.807, 2.05) is 18.2 Å². The van der Waals surface area contributed by atoms with Gasteiger partial charge in [0.1, 0.15) is 6.07 Å². The third-order valence-corrected chi connectivity index (χ3v) is 3.98. The van der Waals surface area contributed by atoms with Crippen molar-refractivity contribution in [1.29, 1.82) is 5.26 Å². The Labute approximate surface area is 94.0 Å². The second-order valence-electron chi connectivity index (χ2n) is 4.66. The number of rotatable bonds is 0. The Morgan fingerprint density at radius 2 is 1.87 bits per heavy atom. The molecule has 0 saturated carbocycles. The summed E-state index contributed by atoms with van der Waals surface area (Å²) in [4.78, 5) is 1.19. The highest BCUT2D eigenvalue weighted by Gasteiger charge is 2.22. The summed E-state index contributed by atoms with van der Waals surface area (Å²) in [5.41, 5.74) is 0.900. The number of hydrogen-bond donors (Lipinski definition) is 0. The molecular weight excluding hydrogens is 202 g/mol. The van der Waals surface area contributed by atoms with Crippen LogP contribution in [0.3, 0.4) is 0 Å². The topological polar surface area (TPSA) is 23.8 Å². The Morgan fingerprint density at radius 1 is 1.20 bits per heavy atom. The van der Waals surface area contributed by atoms with E-state index >= 15 is 0 Å². The van der Waals surface area contributed by atoms with Crippen LogP contribution in [0.1, 0.15) is 31.2 Å². The largest absolute Gasteiger partial charge is 0.192 e. The SMILES string of the molecule is CC(C)(C)c1sc2ccccc2c1C#N. The first-order valence-corrected chi connectivity index (χ1v) is 5.78. The highest BCUT2D eigenvalue weighted by atomic mass is 32.1. The van der Waals surface area contributed by atoms with Crippen LogP contribution in [-0.2, 0) is 5.41 Å². The minimum atomic E-state index is 0.0503. The van der Waals surface area contributed by atoms with Gasteiger partial charge in [0.25, 0.3) is 0 Å². The minimum Gasteiger partial charge on any atom is -0.192 e. The summed E-state index contributed by atoms with van der Waals surface area (Å²) in [7, 11) is 0. The van der Waals surface area contributed by atoms with Gasteiger partial charge in [0.05, 0.1) is 5.56 Å². The first kappa shape index (κ1) is 10.2. The first-order chi connectivity index (χ1) is 7.04. The maximum absolute atomic E-state index is 9.23. The zero-order chi connectivity index (χ0) is 11.1. The summed E-state index contributed by atoms with van der Waals surface area (Å²) in [6.07, 6.45) is 0. The normalized spacial score (nSPS) is 11.6. The van der Waals surface area contributed by atoms with E-state index in [2.05, 4.69) is 32.9 Å². The molecule has 0 radical (unpaired) electrons. The van der Waals surface area contributed by atoms with E-state index in [1.54, 1.807) is 11.3 Å². The van der Waals surface area contributed by atoms with Gasteiger partial charge in [-0.3, -0.25) is 0 Å². The quantitative estimate of drug-likeness (QED) is 0.650. The molecule has 0 N–H and O–H groups in total. The molecule has 0 aliphatic carbocycles. The van der Waals surface area contributed by atoms with Gasteiger partial charge in [-0.25, -0.2) is 0 Å². The molecule has 15 heavy (non-hydrogen) atoms. The molecule has 0 atom stereocenters. The van der Waals surface area contributed by atoms with Gasteiger partial charge >= 0.3 is 0 Å². The molecule has 2 aromatic rings. The van der Waals surface area contributed by atoms with Crippen molar-refractivity contribution in [1.82, 2.24) is 0 Å². The zero-order valence-electron chi connectivity index (χ0n) is 9.16. The molecule has 0 bridgehead atoms.